The first kappa shape index (κ1) is 21.3. The van der Waals surface area contributed by atoms with Gasteiger partial charge in [-0.1, -0.05) is 31.4 Å². The second kappa shape index (κ2) is 9.47. The summed E-state index contributed by atoms with van der Waals surface area (Å²) in [7, 11) is 0. The Morgan fingerprint density at radius 2 is 2.06 bits per heavy atom. The molecule has 2 atom stereocenters. The summed E-state index contributed by atoms with van der Waals surface area (Å²) in [6.45, 7) is 2.61. The van der Waals surface area contributed by atoms with Crippen LogP contribution in [0.5, 0.6) is 0 Å². The number of nitrogens with zero attached hydrogens (tertiary/aromatic N) is 3. The number of hydrogen-bond donors (Lipinski definition) is 4. The lowest BCUT2D eigenvalue weighted by Crippen LogP contribution is -2.51. The van der Waals surface area contributed by atoms with Crippen LogP contribution in [0.1, 0.15) is 39.0 Å². The zero-order valence-corrected chi connectivity index (χ0v) is 18.0. The minimum Gasteiger partial charge on any atom is -0.363 e. The number of amides is 2. The second-order valence-corrected chi connectivity index (χ2v) is 8.12. The monoisotopic (exact) mass is 445 g/mol. The van der Waals surface area contributed by atoms with Gasteiger partial charge >= 0.3 is 6.03 Å². The molecule has 4 N–H and O–H groups in total. The fourth-order valence-corrected chi connectivity index (χ4v) is 4.03. The predicted octanol–water partition coefficient (Wildman–Crippen LogP) is 4.24. The van der Waals surface area contributed by atoms with Crippen LogP contribution in [-0.2, 0) is 0 Å². The first-order valence-corrected chi connectivity index (χ1v) is 10.9. The molecular formula is C21H25ClFN7O. The molecule has 4 rings (SSSR count). The molecule has 10 heteroatoms. The molecule has 0 aliphatic heterocycles. The number of nitrogens with one attached hydrogen (secondary N) is 4. The van der Waals surface area contributed by atoms with Crippen LogP contribution in [0.4, 0.5) is 15.0 Å². The summed E-state index contributed by atoms with van der Waals surface area (Å²) >= 11 is 6.08. The van der Waals surface area contributed by atoms with E-state index in [4.69, 9.17) is 11.6 Å². The van der Waals surface area contributed by atoms with Crippen LogP contribution in [0, 0.1) is 5.82 Å². The van der Waals surface area contributed by atoms with Gasteiger partial charge in [-0.25, -0.2) is 24.1 Å². The third-order valence-electron chi connectivity index (χ3n) is 5.42. The molecule has 1 fully saturated rings. The number of pyridine rings is 1. The summed E-state index contributed by atoms with van der Waals surface area (Å²) in [6, 6.07) is 1.33. The number of aromatic amines is 1. The number of urea groups is 1. The Labute approximate surface area is 184 Å². The van der Waals surface area contributed by atoms with Crippen LogP contribution in [-0.4, -0.2) is 44.6 Å². The van der Waals surface area contributed by atoms with E-state index in [1.54, 1.807) is 18.5 Å². The van der Waals surface area contributed by atoms with Crippen molar-refractivity contribution in [3.05, 3.63) is 35.5 Å². The van der Waals surface area contributed by atoms with Gasteiger partial charge in [0.25, 0.3) is 0 Å². The molecule has 0 aromatic carbocycles. The lowest BCUT2D eigenvalue weighted by atomic mass is 9.90. The van der Waals surface area contributed by atoms with Crippen molar-refractivity contribution in [3.8, 4) is 11.4 Å². The van der Waals surface area contributed by atoms with Crippen LogP contribution in [0.15, 0.2) is 24.7 Å². The lowest BCUT2D eigenvalue weighted by molar-refractivity contribution is 0.230. The average Bonchev–Trinajstić information content (AvgIpc) is 3.18. The van der Waals surface area contributed by atoms with Crippen molar-refractivity contribution in [1.82, 2.24) is 30.6 Å². The maximum absolute atomic E-state index is 14.6. The molecule has 0 saturated heterocycles. The Morgan fingerprint density at radius 1 is 1.26 bits per heavy atom. The van der Waals surface area contributed by atoms with Gasteiger partial charge in [-0.05, 0) is 25.3 Å². The molecule has 1 aliphatic carbocycles. The molecule has 0 bridgehead atoms. The number of halogens is 2. The third kappa shape index (κ3) is 4.87. The number of anilines is 1. The minimum atomic E-state index is -0.542. The Hall–Kier alpha value is -2.94. The van der Waals surface area contributed by atoms with Crippen molar-refractivity contribution in [2.24, 2.45) is 0 Å². The molecule has 8 nitrogen and oxygen atoms in total. The van der Waals surface area contributed by atoms with Crippen molar-refractivity contribution in [1.29, 1.82) is 0 Å². The molecule has 0 spiro atoms. The van der Waals surface area contributed by atoms with Gasteiger partial charge in [-0.2, -0.15) is 0 Å². The normalized spacial score (nSPS) is 18.7. The number of hydrogen-bond acceptors (Lipinski definition) is 5. The van der Waals surface area contributed by atoms with Gasteiger partial charge < -0.3 is 20.9 Å². The van der Waals surface area contributed by atoms with E-state index >= 15 is 0 Å². The average molecular weight is 446 g/mol. The number of H-pyrrole nitrogens is 1. The van der Waals surface area contributed by atoms with Crippen molar-refractivity contribution in [2.75, 3.05) is 11.9 Å². The van der Waals surface area contributed by atoms with Gasteiger partial charge in [0.15, 0.2) is 17.5 Å². The van der Waals surface area contributed by atoms with E-state index in [0.717, 1.165) is 43.7 Å². The first-order chi connectivity index (χ1) is 15.0. The third-order valence-corrected chi connectivity index (χ3v) is 5.63. The SMILES string of the molecule is CCCNC(=O)NC1CCCC[C@H]1Nc1nc(-c2c[nH]c3ncc(Cl)cc23)ncc1F. The number of carbonyl (C=O) groups excluding carboxylic acids is 1. The number of fused-ring (bicyclic) bond motifs is 1. The summed E-state index contributed by atoms with van der Waals surface area (Å²) in [5, 5.41) is 10.3. The second-order valence-electron chi connectivity index (χ2n) is 7.68. The van der Waals surface area contributed by atoms with E-state index < -0.39 is 5.82 Å². The summed E-state index contributed by atoms with van der Waals surface area (Å²) in [6.07, 6.45) is 8.94. The maximum atomic E-state index is 14.6. The highest BCUT2D eigenvalue weighted by atomic mass is 35.5. The van der Waals surface area contributed by atoms with Crippen molar-refractivity contribution in [2.45, 2.75) is 51.1 Å². The van der Waals surface area contributed by atoms with E-state index in [2.05, 4.69) is 35.9 Å². The van der Waals surface area contributed by atoms with Gasteiger partial charge in [0.2, 0.25) is 0 Å². The summed E-state index contributed by atoms with van der Waals surface area (Å²) in [4.78, 5) is 28.0. The summed E-state index contributed by atoms with van der Waals surface area (Å²) in [5.74, 6) is -0.0678. The van der Waals surface area contributed by atoms with Gasteiger partial charge in [0.05, 0.1) is 17.3 Å². The largest absolute Gasteiger partial charge is 0.363 e. The van der Waals surface area contributed by atoms with Gasteiger partial charge in [0.1, 0.15) is 5.65 Å². The van der Waals surface area contributed by atoms with E-state index in [1.807, 2.05) is 6.92 Å². The first-order valence-electron chi connectivity index (χ1n) is 10.5. The number of aromatic nitrogens is 4. The van der Waals surface area contributed by atoms with E-state index in [-0.39, 0.29) is 23.9 Å². The lowest BCUT2D eigenvalue weighted by Gasteiger charge is -2.33. The molecule has 0 radical (unpaired) electrons. The fourth-order valence-electron chi connectivity index (χ4n) is 3.87. The Balaban J connectivity index is 1.56. The van der Waals surface area contributed by atoms with Crippen LogP contribution < -0.4 is 16.0 Å². The Morgan fingerprint density at radius 3 is 2.87 bits per heavy atom. The van der Waals surface area contributed by atoms with Crippen molar-refractivity contribution < 1.29 is 9.18 Å². The van der Waals surface area contributed by atoms with Crippen LogP contribution in [0.25, 0.3) is 22.4 Å². The number of rotatable bonds is 6. The molecule has 164 valence electrons. The highest BCUT2D eigenvalue weighted by molar-refractivity contribution is 6.31. The molecular weight excluding hydrogens is 421 g/mol. The van der Waals surface area contributed by atoms with Gasteiger partial charge in [-0.15, -0.1) is 0 Å². The van der Waals surface area contributed by atoms with Gasteiger partial charge in [-0.3, -0.25) is 0 Å². The highest BCUT2D eigenvalue weighted by Gasteiger charge is 2.28. The minimum absolute atomic E-state index is 0.112. The molecule has 31 heavy (non-hydrogen) atoms. The Kier molecular flexibility index (Phi) is 6.50. The zero-order valence-electron chi connectivity index (χ0n) is 17.2. The standard InChI is InChI=1S/C21H25ClFN7O/c1-2-7-24-21(31)29-17-6-4-3-5-16(17)28-20-15(23)11-27-19(30-20)14-10-26-18-13(14)8-12(22)9-25-18/h8-11,16-17H,2-7H2,1H3,(H,25,26)(H2,24,29,31)(H,27,28,30)/t16-,17?/m1/s1. The summed E-state index contributed by atoms with van der Waals surface area (Å²) < 4.78 is 14.6. The molecule has 1 unspecified atom stereocenters. The zero-order chi connectivity index (χ0) is 21.8. The van der Waals surface area contributed by atoms with Crippen LogP contribution in [0.2, 0.25) is 5.02 Å². The fraction of sp³-hybridized carbons (Fsp3) is 0.429. The van der Waals surface area contributed by atoms with Crippen molar-refractivity contribution >= 4 is 34.5 Å². The maximum Gasteiger partial charge on any atom is 0.315 e. The smallest absolute Gasteiger partial charge is 0.315 e. The topological polar surface area (TPSA) is 108 Å². The molecule has 3 aromatic rings. The quantitative estimate of drug-likeness (QED) is 0.453. The van der Waals surface area contributed by atoms with Gasteiger partial charge in [0, 0.05) is 35.9 Å². The molecule has 1 aliphatic rings. The van der Waals surface area contributed by atoms with E-state index in [9.17, 15) is 9.18 Å². The van der Waals surface area contributed by atoms with E-state index in [1.165, 1.54) is 0 Å². The molecule has 1 saturated carbocycles. The molecule has 3 aromatic heterocycles. The van der Waals surface area contributed by atoms with Crippen LogP contribution >= 0.6 is 11.6 Å². The Bertz CT molecular complexity index is 1070. The predicted molar refractivity (Wildman–Crippen MR) is 119 cm³/mol. The summed E-state index contributed by atoms with van der Waals surface area (Å²) in [5.41, 5.74) is 1.33. The van der Waals surface area contributed by atoms with Crippen LogP contribution in [0.3, 0.4) is 0 Å². The molecule has 3 heterocycles. The number of carbonyl (C=O) groups is 1. The van der Waals surface area contributed by atoms with Crippen molar-refractivity contribution in [3.63, 3.8) is 0 Å². The van der Waals surface area contributed by atoms with E-state index in [0.29, 0.717) is 28.6 Å². The highest BCUT2D eigenvalue weighted by Crippen LogP contribution is 2.29. The molecule has 2 amide bonds.